The largest absolute Gasteiger partial charge is 0.506 e. The molecule has 0 spiro atoms. The second kappa shape index (κ2) is 10.1. The summed E-state index contributed by atoms with van der Waals surface area (Å²) in [5, 5.41) is 14.2. The summed E-state index contributed by atoms with van der Waals surface area (Å²) in [4.78, 5) is 19.8. The lowest BCUT2D eigenvalue weighted by molar-refractivity contribution is 0.0756. The van der Waals surface area contributed by atoms with Gasteiger partial charge in [0.2, 0.25) is 0 Å². The third-order valence-corrected chi connectivity index (χ3v) is 6.49. The maximum Gasteiger partial charge on any atom is 0.277 e. The van der Waals surface area contributed by atoms with Crippen LogP contribution in [-0.2, 0) is 4.74 Å². The summed E-state index contributed by atoms with van der Waals surface area (Å²) in [5.41, 5.74) is 1.55. The average Bonchev–Trinajstić information content (AvgIpc) is 3.03. The standard InChI is InChI=1S/C30H28FN3O4/c1-4-5-15-37-19-12-13-20(21(31)16-19)27-28-23(17-30(2,3)18-38-28)33-26-24(10-8-11-25(26)35)34(27)29(36)22-9-6-7-14-32-22/h6-14,16,27,33,35H,15,17-18H2,1-3H3. The van der Waals surface area contributed by atoms with Gasteiger partial charge in [0, 0.05) is 23.2 Å². The summed E-state index contributed by atoms with van der Waals surface area (Å²) >= 11 is 0. The zero-order valence-corrected chi connectivity index (χ0v) is 21.4. The lowest BCUT2D eigenvalue weighted by atomic mass is 9.85. The molecule has 3 heterocycles. The average molecular weight is 514 g/mol. The fraction of sp³-hybridized carbons (Fsp3) is 0.267. The molecule has 194 valence electrons. The first kappa shape index (κ1) is 25.2. The van der Waals surface area contributed by atoms with Crippen LogP contribution in [0.25, 0.3) is 0 Å². The Kier molecular flexibility index (Phi) is 6.68. The van der Waals surface area contributed by atoms with Gasteiger partial charge in [-0.25, -0.2) is 4.39 Å². The summed E-state index contributed by atoms with van der Waals surface area (Å²) in [7, 11) is 0. The number of fused-ring (bicyclic) bond motifs is 1. The molecule has 2 aromatic carbocycles. The van der Waals surface area contributed by atoms with Crippen LogP contribution in [0.1, 0.15) is 49.3 Å². The van der Waals surface area contributed by atoms with Gasteiger partial charge in [0.15, 0.2) is 0 Å². The van der Waals surface area contributed by atoms with E-state index in [9.17, 15) is 9.90 Å². The fourth-order valence-electron chi connectivity index (χ4n) is 4.72. The van der Waals surface area contributed by atoms with Crippen molar-refractivity contribution < 1.29 is 23.8 Å². The van der Waals surface area contributed by atoms with Crippen LogP contribution in [0.5, 0.6) is 11.5 Å². The third-order valence-electron chi connectivity index (χ3n) is 6.49. The minimum atomic E-state index is -0.976. The van der Waals surface area contributed by atoms with Gasteiger partial charge in [-0.1, -0.05) is 31.9 Å². The number of phenolic OH excluding ortho intramolecular Hbond substituents is 1. The van der Waals surface area contributed by atoms with Crippen LogP contribution in [0.4, 0.5) is 15.8 Å². The van der Waals surface area contributed by atoms with Crippen LogP contribution in [0.15, 0.2) is 72.3 Å². The lowest BCUT2D eigenvalue weighted by Crippen LogP contribution is -2.39. The number of nitrogens with zero attached hydrogens (tertiary/aromatic N) is 2. The van der Waals surface area contributed by atoms with E-state index in [0.29, 0.717) is 41.6 Å². The SMILES string of the molecule is CC#CCOc1ccc(C2C3=C(CC(C)(C)CO3)Nc3c(O)cccc3N2C(=O)c2ccccn2)c(F)c1. The van der Waals surface area contributed by atoms with E-state index in [2.05, 4.69) is 36.0 Å². The summed E-state index contributed by atoms with van der Waals surface area (Å²) < 4.78 is 27.7. The molecule has 1 amide bonds. The number of halogens is 1. The number of ether oxygens (including phenoxy) is 2. The van der Waals surface area contributed by atoms with E-state index in [4.69, 9.17) is 9.47 Å². The second-order valence-corrected chi connectivity index (χ2v) is 9.96. The van der Waals surface area contributed by atoms with Crippen molar-refractivity contribution in [2.45, 2.75) is 33.2 Å². The van der Waals surface area contributed by atoms with Crippen LogP contribution < -0.4 is 15.0 Å². The number of anilines is 2. The number of hydrogen-bond donors (Lipinski definition) is 2. The highest BCUT2D eigenvalue weighted by Gasteiger charge is 2.43. The number of amides is 1. The lowest BCUT2D eigenvalue weighted by Gasteiger charge is -2.37. The van der Waals surface area contributed by atoms with Crippen molar-refractivity contribution in [1.29, 1.82) is 0 Å². The van der Waals surface area contributed by atoms with Crippen LogP contribution in [0.2, 0.25) is 0 Å². The molecule has 2 aliphatic heterocycles. The number of phenols is 1. The zero-order valence-electron chi connectivity index (χ0n) is 21.4. The number of para-hydroxylation sites is 1. The molecule has 38 heavy (non-hydrogen) atoms. The van der Waals surface area contributed by atoms with Gasteiger partial charge in [-0.2, -0.15) is 0 Å². The van der Waals surface area contributed by atoms with Gasteiger partial charge in [0.1, 0.15) is 47.1 Å². The number of carbonyl (C=O) groups is 1. The maximum absolute atomic E-state index is 15.9. The molecule has 0 bridgehead atoms. The van der Waals surface area contributed by atoms with E-state index >= 15 is 4.39 Å². The van der Waals surface area contributed by atoms with Crippen molar-refractivity contribution in [3.63, 3.8) is 0 Å². The van der Waals surface area contributed by atoms with E-state index in [1.54, 1.807) is 49.4 Å². The van der Waals surface area contributed by atoms with Gasteiger partial charge in [0.25, 0.3) is 5.91 Å². The third kappa shape index (κ3) is 4.75. The van der Waals surface area contributed by atoms with Gasteiger partial charge in [0.05, 0.1) is 18.0 Å². The van der Waals surface area contributed by atoms with E-state index in [1.807, 2.05) is 0 Å². The molecule has 0 fully saturated rings. The Labute approximate surface area is 220 Å². The first-order valence-electron chi connectivity index (χ1n) is 12.3. The number of nitrogens with one attached hydrogen (secondary N) is 1. The second-order valence-electron chi connectivity index (χ2n) is 9.96. The summed E-state index contributed by atoms with van der Waals surface area (Å²) in [6.07, 6.45) is 2.09. The predicted octanol–water partition coefficient (Wildman–Crippen LogP) is 5.80. The smallest absolute Gasteiger partial charge is 0.277 e. The van der Waals surface area contributed by atoms with Crippen molar-refractivity contribution in [2.24, 2.45) is 5.41 Å². The molecule has 0 radical (unpaired) electrons. The van der Waals surface area contributed by atoms with E-state index in [-0.39, 0.29) is 29.0 Å². The fourth-order valence-corrected chi connectivity index (χ4v) is 4.72. The number of hydrogen-bond acceptors (Lipinski definition) is 6. The van der Waals surface area contributed by atoms with Crippen molar-refractivity contribution in [2.75, 3.05) is 23.4 Å². The number of aromatic nitrogens is 1. The van der Waals surface area contributed by atoms with E-state index < -0.39 is 17.8 Å². The molecule has 1 unspecified atom stereocenters. The van der Waals surface area contributed by atoms with Crippen molar-refractivity contribution in [3.05, 3.63) is 89.3 Å². The number of allylic oxidation sites excluding steroid dienone is 1. The first-order valence-corrected chi connectivity index (χ1v) is 12.3. The Morgan fingerprint density at radius 2 is 2.11 bits per heavy atom. The molecular formula is C30H28FN3O4. The molecular weight excluding hydrogens is 485 g/mol. The van der Waals surface area contributed by atoms with Gasteiger partial charge >= 0.3 is 0 Å². The Morgan fingerprint density at radius 1 is 1.26 bits per heavy atom. The highest BCUT2D eigenvalue weighted by atomic mass is 19.1. The molecule has 0 saturated carbocycles. The molecule has 0 saturated heterocycles. The zero-order chi connectivity index (χ0) is 26.9. The molecule has 7 nitrogen and oxygen atoms in total. The molecule has 3 aromatic rings. The first-order chi connectivity index (χ1) is 18.3. The maximum atomic E-state index is 15.9. The highest BCUT2D eigenvalue weighted by Crippen LogP contribution is 2.50. The Morgan fingerprint density at radius 3 is 2.84 bits per heavy atom. The molecule has 2 N–H and O–H groups in total. The van der Waals surface area contributed by atoms with Crippen LogP contribution in [-0.4, -0.2) is 29.2 Å². The summed E-state index contributed by atoms with van der Waals surface area (Å²) in [6, 6.07) is 13.5. The molecule has 2 aliphatic rings. The number of benzene rings is 2. The summed E-state index contributed by atoms with van der Waals surface area (Å²) in [5.74, 6) is 5.18. The molecule has 1 aromatic heterocycles. The van der Waals surface area contributed by atoms with Gasteiger partial charge in [-0.05, 0) is 49.7 Å². The quantitative estimate of drug-likeness (QED) is 0.339. The van der Waals surface area contributed by atoms with Gasteiger partial charge in [-0.3, -0.25) is 14.7 Å². The minimum Gasteiger partial charge on any atom is -0.506 e. The molecule has 8 heteroatoms. The number of carbonyl (C=O) groups excluding carboxylic acids is 1. The van der Waals surface area contributed by atoms with Crippen molar-refractivity contribution >= 4 is 17.3 Å². The van der Waals surface area contributed by atoms with Gasteiger partial charge < -0.3 is 19.9 Å². The summed E-state index contributed by atoms with van der Waals surface area (Å²) in [6.45, 7) is 6.33. The van der Waals surface area contributed by atoms with E-state index in [1.165, 1.54) is 23.2 Å². The van der Waals surface area contributed by atoms with E-state index in [0.717, 1.165) is 0 Å². The Balaban J connectivity index is 1.73. The van der Waals surface area contributed by atoms with Crippen LogP contribution >= 0.6 is 0 Å². The Bertz CT molecular complexity index is 1470. The topological polar surface area (TPSA) is 83.9 Å². The normalized spacial score (nSPS) is 17.6. The van der Waals surface area contributed by atoms with Crippen molar-refractivity contribution in [3.8, 4) is 23.3 Å². The number of aromatic hydroxyl groups is 1. The van der Waals surface area contributed by atoms with Crippen LogP contribution in [0.3, 0.4) is 0 Å². The number of pyridine rings is 1. The van der Waals surface area contributed by atoms with Crippen LogP contribution in [0, 0.1) is 23.1 Å². The molecule has 5 rings (SSSR count). The monoisotopic (exact) mass is 513 g/mol. The van der Waals surface area contributed by atoms with Crippen molar-refractivity contribution in [1.82, 2.24) is 4.98 Å². The highest BCUT2D eigenvalue weighted by molar-refractivity contribution is 6.08. The molecule has 0 aliphatic carbocycles. The minimum absolute atomic E-state index is 0.0431. The van der Waals surface area contributed by atoms with Gasteiger partial charge in [-0.15, -0.1) is 5.92 Å². The predicted molar refractivity (Wildman–Crippen MR) is 142 cm³/mol. The number of rotatable bonds is 4. The Hall–Kier alpha value is -4.51. The molecule has 1 atom stereocenters.